The molecule has 22 heteroatoms. The van der Waals surface area contributed by atoms with Crippen molar-refractivity contribution in [1.29, 1.82) is 0 Å². The van der Waals surface area contributed by atoms with Crippen LogP contribution in [0.15, 0.2) is 36.7 Å². The number of Topliss-reactive ketones (excluding diaryl/α,β-unsaturated/α-hetero) is 1. The Morgan fingerprint density at radius 2 is 1.64 bits per heavy atom. The van der Waals surface area contributed by atoms with Gasteiger partial charge in [0.05, 0.1) is 59.1 Å². The molecule has 3 fully saturated rings. The first-order valence-corrected chi connectivity index (χ1v) is 27.3. The fourth-order valence-electron chi connectivity index (χ4n) is 12.4. The summed E-state index contributed by atoms with van der Waals surface area (Å²) < 4.78 is 55.9. The minimum atomic E-state index is -1.84. The number of benzene rings is 1. The first-order chi connectivity index (χ1) is 36.1. The van der Waals surface area contributed by atoms with Gasteiger partial charge in [-0.1, -0.05) is 50.3 Å². The van der Waals surface area contributed by atoms with E-state index in [2.05, 4.69) is 20.6 Å². The number of aliphatic hydroxyl groups excluding tert-OH is 3. The van der Waals surface area contributed by atoms with Gasteiger partial charge in [0.25, 0.3) is 0 Å². The molecule has 3 aromatic rings. The van der Waals surface area contributed by atoms with Gasteiger partial charge >= 0.3 is 5.97 Å². The van der Waals surface area contributed by atoms with Crippen molar-refractivity contribution < 1.29 is 67.9 Å². The van der Waals surface area contributed by atoms with Crippen LogP contribution in [-0.4, -0.2) is 209 Å². The maximum Gasteiger partial charge on any atom is 0.309 e. The molecular formula is C55H89FN8O13. The number of ketones is 1. The van der Waals surface area contributed by atoms with Gasteiger partial charge in [0.2, 0.25) is 0 Å². The van der Waals surface area contributed by atoms with Gasteiger partial charge in [-0.15, -0.1) is 10.2 Å². The van der Waals surface area contributed by atoms with Crippen LogP contribution >= 0.6 is 0 Å². The van der Waals surface area contributed by atoms with E-state index in [1.165, 1.54) is 43.6 Å². The number of alkyl halides is 1. The van der Waals surface area contributed by atoms with Gasteiger partial charge in [-0.2, -0.15) is 0 Å². The molecule has 3 aliphatic rings. The van der Waals surface area contributed by atoms with Crippen molar-refractivity contribution in [2.24, 2.45) is 23.7 Å². The van der Waals surface area contributed by atoms with E-state index in [1.54, 1.807) is 72.0 Å². The van der Waals surface area contributed by atoms with E-state index in [0.29, 0.717) is 42.9 Å². The number of likely N-dealkylation sites (N-methyl/N-ethyl adjacent to an activating group) is 2. The Balaban J connectivity index is 1.25. The monoisotopic (exact) mass is 1090 g/mol. The minimum absolute atomic E-state index is 0.162. The number of carbonyl (C=O) groups excluding carboxylic acids is 2. The van der Waals surface area contributed by atoms with E-state index >= 15 is 0 Å². The fourth-order valence-corrected chi connectivity index (χ4v) is 12.4. The summed E-state index contributed by atoms with van der Waals surface area (Å²) in [6.45, 7) is 19.2. The summed E-state index contributed by atoms with van der Waals surface area (Å²) in [6.07, 6.45) is -5.01. The summed E-state index contributed by atoms with van der Waals surface area (Å²) in [5.41, 5.74) is -2.39. The van der Waals surface area contributed by atoms with Crippen LogP contribution in [0.5, 0.6) is 0 Å². The second-order valence-electron chi connectivity index (χ2n) is 23.3. The molecule has 0 amide bonds. The largest absolute Gasteiger partial charge is 0.459 e. The molecule has 21 nitrogen and oxygen atoms in total. The predicted molar refractivity (Wildman–Crippen MR) is 282 cm³/mol. The van der Waals surface area contributed by atoms with Crippen LogP contribution in [0, 0.1) is 23.7 Å². The Kier molecular flexibility index (Phi) is 20.8. The molecular weight excluding hydrogens is 1000 g/mol. The lowest BCUT2D eigenvalue weighted by Gasteiger charge is -2.51. The Labute approximate surface area is 453 Å². The lowest BCUT2D eigenvalue weighted by Crippen LogP contribution is -2.62. The third-order valence-corrected chi connectivity index (χ3v) is 17.2. The van der Waals surface area contributed by atoms with Gasteiger partial charge < -0.3 is 63.8 Å². The molecule has 434 valence electrons. The third kappa shape index (κ3) is 13.8. The van der Waals surface area contributed by atoms with Crippen molar-refractivity contribution in [3.8, 4) is 5.69 Å². The summed E-state index contributed by atoms with van der Waals surface area (Å²) >= 11 is 0. The number of methoxy groups -OCH3 is 2. The van der Waals surface area contributed by atoms with Crippen molar-refractivity contribution >= 4 is 11.8 Å². The molecule has 0 aliphatic carbocycles. The molecule has 5 N–H and O–H groups in total. The molecule has 0 bridgehead atoms. The molecule has 1 unspecified atom stereocenters. The van der Waals surface area contributed by atoms with Crippen molar-refractivity contribution in [2.45, 2.75) is 204 Å². The van der Waals surface area contributed by atoms with Gasteiger partial charge in [-0.05, 0) is 104 Å². The van der Waals surface area contributed by atoms with Crippen molar-refractivity contribution in [3.63, 3.8) is 0 Å². The second-order valence-corrected chi connectivity index (χ2v) is 23.3. The number of rotatable bonds is 16. The van der Waals surface area contributed by atoms with E-state index in [9.17, 15) is 39.5 Å². The van der Waals surface area contributed by atoms with Crippen molar-refractivity contribution in [3.05, 3.63) is 53.6 Å². The first kappa shape index (κ1) is 62.3. The maximum atomic E-state index is 15.0. The standard InChI is InChI=1S/C55H89FN8O13/c1-16-44-55(11,71)48(67)34(6)62(13)27-30(2)24-53(9,70)50(32(4)45(33(5)51(69)76-44)43-25-54(10,73-15)49(68)36(8)75-43)77-52-46(66)41(23-31(3)74-52)61(12)22-21-38-28-64(59-57-38)42(26-56)47(72-14)37-17-19-39(20-18-37)63-29-40(35(7)65)58-60-63/h17-20,28-34,36,41-50,52,66-68,70-71H,16,21-27H2,1-15H3/t30-,31-,32+,33-,34-,36+,41+,42-,43?,44-,45+,46-,47-,48-,49+,50-,52+,53-,54-,55-/m1/s1. The number of cyclic esters (lactones) is 1. The lowest BCUT2D eigenvalue weighted by molar-refractivity contribution is -0.302. The van der Waals surface area contributed by atoms with Crippen LogP contribution in [-0.2, 0) is 39.6 Å². The number of halogens is 1. The Morgan fingerprint density at radius 3 is 2.23 bits per heavy atom. The molecule has 0 saturated carbocycles. The van der Waals surface area contributed by atoms with E-state index in [4.69, 9.17) is 28.4 Å². The molecule has 1 aromatic carbocycles. The number of aromatic nitrogens is 6. The van der Waals surface area contributed by atoms with Crippen LogP contribution in [0.4, 0.5) is 4.39 Å². The van der Waals surface area contributed by atoms with Crippen LogP contribution in [0.3, 0.4) is 0 Å². The molecule has 0 spiro atoms. The first-order valence-electron chi connectivity index (χ1n) is 27.3. The van der Waals surface area contributed by atoms with Crippen LogP contribution < -0.4 is 0 Å². The SMILES string of the molecule is CC[C@H]1OC(=O)[C@H](C)[C@@H](C2C[C@@](C)(OC)[C@@H](O)[C@H](C)O2)[C@H](C)[C@@H](O[C@@H]2O[C@H](C)C[C@H](N(C)CCc3cn([C@H](CF)[C@H](OC)c4ccc(-n5cc(C(C)=O)nn5)cc4)nn3)[C@H]2O)[C@](C)(O)C[C@@H](C)CN(C)[C@H](C)[C@@H](O)[C@]1(C)O. The van der Waals surface area contributed by atoms with E-state index in [-0.39, 0.29) is 36.7 Å². The fraction of sp³-hybridized carbons (Fsp3) is 0.782. The van der Waals surface area contributed by atoms with Gasteiger partial charge in [0.1, 0.15) is 54.5 Å². The predicted octanol–water partition coefficient (Wildman–Crippen LogP) is 4.06. The summed E-state index contributed by atoms with van der Waals surface area (Å²) in [6, 6.07) is 5.21. The summed E-state index contributed by atoms with van der Waals surface area (Å²) in [5, 5.41) is 76.9. The summed E-state index contributed by atoms with van der Waals surface area (Å²) in [7, 11) is 6.73. The zero-order chi connectivity index (χ0) is 57.1. The Morgan fingerprint density at radius 1 is 0.961 bits per heavy atom. The van der Waals surface area contributed by atoms with Gasteiger partial charge in [0, 0.05) is 71.3 Å². The highest BCUT2D eigenvalue weighted by molar-refractivity contribution is 5.91. The normalized spacial score (nSPS) is 38.2. The molecule has 77 heavy (non-hydrogen) atoms. The van der Waals surface area contributed by atoms with Gasteiger partial charge in [-0.25, -0.2) is 13.8 Å². The zero-order valence-corrected chi connectivity index (χ0v) is 47.9. The zero-order valence-electron chi connectivity index (χ0n) is 47.9. The highest BCUT2D eigenvalue weighted by Crippen LogP contribution is 2.45. The van der Waals surface area contributed by atoms with Crippen LogP contribution in [0.25, 0.3) is 5.69 Å². The molecule has 6 rings (SSSR count). The molecule has 20 atom stereocenters. The van der Waals surface area contributed by atoms with E-state index in [1.807, 2.05) is 44.7 Å². The molecule has 5 heterocycles. The minimum Gasteiger partial charge on any atom is -0.459 e. The van der Waals surface area contributed by atoms with Crippen molar-refractivity contribution in [1.82, 2.24) is 39.8 Å². The van der Waals surface area contributed by atoms with Gasteiger partial charge in [0.15, 0.2) is 12.1 Å². The lowest BCUT2D eigenvalue weighted by atomic mass is 9.68. The molecule has 3 saturated heterocycles. The number of aliphatic hydroxyl groups is 5. The smallest absolute Gasteiger partial charge is 0.309 e. The molecule has 2 aromatic heterocycles. The average molecular weight is 1090 g/mol. The number of carbonyl (C=O) groups is 2. The third-order valence-electron chi connectivity index (χ3n) is 17.2. The number of hydrogen-bond acceptors (Lipinski definition) is 19. The Hall–Kier alpha value is -3.91. The quantitative estimate of drug-likeness (QED) is 0.100. The molecule has 3 aliphatic heterocycles. The highest BCUT2D eigenvalue weighted by Gasteiger charge is 2.55. The number of ether oxygens (including phenoxy) is 6. The Bertz CT molecular complexity index is 2380. The topological polar surface area (TPSA) is 259 Å². The van der Waals surface area contributed by atoms with E-state index < -0.39 is 127 Å². The van der Waals surface area contributed by atoms with E-state index in [0.717, 1.165) is 0 Å². The highest BCUT2D eigenvalue weighted by atomic mass is 19.1. The maximum absolute atomic E-state index is 15.0. The van der Waals surface area contributed by atoms with Gasteiger partial charge in [-0.3, -0.25) is 9.59 Å². The number of esters is 1. The summed E-state index contributed by atoms with van der Waals surface area (Å²) in [5.74, 6) is -3.52. The van der Waals surface area contributed by atoms with Crippen molar-refractivity contribution in [2.75, 3.05) is 48.1 Å². The average Bonchev–Trinajstić information content (AvgIpc) is 4.10. The van der Waals surface area contributed by atoms with Crippen LogP contribution in [0.2, 0.25) is 0 Å². The van der Waals surface area contributed by atoms with Crippen LogP contribution in [0.1, 0.15) is 136 Å². The second kappa shape index (κ2) is 25.7. The number of nitrogens with zero attached hydrogens (tertiary/aromatic N) is 8. The number of hydrogen-bond donors (Lipinski definition) is 5. The summed E-state index contributed by atoms with van der Waals surface area (Å²) in [4.78, 5) is 30.3. The molecule has 0 radical (unpaired) electrons.